The predicted molar refractivity (Wildman–Crippen MR) is 83.5 cm³/mol. The van der Waals surface area contributed by atoms with Crippen molar-refractivity contribution in [1.82, 2.24) is 20.0 Å². The maximum Gasteiger partial charge on any atom is 0.222 e. The van der Waals surface area contributed by atoms with Crippen LogP contribution in [0.25, 0.3) is 0 Å². The van der Waals surface area contributed by atoms with Gasteiger partial charge < -0.3 is 10.1 Å². The highest BCUT2D eigenvalue weighted by atomic mass is 16.5. The molecule has 0 spiro atoms. The molecular formula is C16H26N4O2. The molecule has 3 rings (SSSR count). The van der Waals surface area contributed by atoms with E-state index in [2.05, 4.69) is 15.3 Å². The molecule has 122 valence electrons. The zero-order valence-electron chi connectivity index (χ0n) is 13.3. The Morgan fingerprint density at radius 2 is 2.18 bits per heavy atom. The molecular weight excluding hydrogens is 280 g/mol. The Kier molecular flexibility index (Phi) is 5.10. The van der Waals surface area contributed by atoms with E-state index in [9.17, 15) is 4.79 Å². The quantitative estimate of drug-likeness (QED) is 0.880. The lowest BCUT2D eigenvalue weighted by Crippen LogP contribution is -2.52. The van der Waals surface area contributed by atoms with E-state index in [0.29, 0.717) is 25.6 Å². The molecule has 0 bridgehead atoms. The summed E-state index contributed by atoms with van der Waals surface area (Å²) in [7, 11) is 0. The zero-order chi connectivity index (χ0) is 15.4. The molecule has 1 aromatic rings. The van der Waals surface area contributed by atoms with Crippen molar-refractivity contribution in [2.24, 2.45) is 0 Å². The topological polar surface area (TPSA) is 59.4 Å². The summed E-state index contributed by atoms with van der Waals surface area (Å²) in [4.78, 5) is 14.7. The maximum atomic E-state index is 12.2. The fourth-order valence-electron chi connectivity index (χ4n) is 3.37. The van der Waals surface area contributed by atoms with E-state index in [1.54, 1.807) is 0 Å². The highest BCUT2D eigenvalue weighted by Gasteiger charge is 2.34. The second-order valence-electron chi connectivity index (χ2n) is 6.35. The maximum absolute atomic E-state index is 12.2. The molecule has 0 aliphatic carbocycles. The molecule has 6 nitrogen and oxygen atoms in total. The molecule has 0 unspecified atom stereocenters. The molecule has 2 saturated heterocycles. The first-order valence-corrected chi connectivity index (χ1v) is 8.33. The minimum absolute atomic E-state index is 0.0886. The van der Waals surface area contributed by atoms with Crippen molar-refractivity contribution in [1.29, 1.82) is 0 Å². The number of hydrogen-bond acceptors (Lipinski definition) is 4. The number of rotatable bonds is 5. The molecule has 2 aliphatic rings. The van der Waals surface area contributed by atoms with Crippen molar-refractivity contribution in [3.63, 3.8) is 0 Å². The molecule has 0 aromatic carbocycles. The Bertz CT molecular complexity index is 496. The van der Waals surface area contributed by atoms with Crippen LogP contribution in [0.5, 0.6) is 0 Å². The van der Waals surface area contributed by atoms with E-state index >= 15 is 0 Å². The number of nitrogens with zero attached hydrogens (tertiary/aromatic N) is 3. The van der Waals surface area contributed by atoms with Gasteiger partial charge in [0.25, 0.3) is 0 Å². The Labute approximate surface area is 131 Å². The number of aryl methyl sites for hydroxylation is 2. The number of piperidine rings is 1. The van der Waals surface area contributed by atoms with Crippen LogP contribution in [0, 0.1) is 6.92 Å². The van der Waals surface area contributed by atoms with Gasteiger partial charge >= 0.3 is 0 Å². The van der Waals surface area contributed by atoms with Crippen molar-refractivity contribution in [2.45, 2.75) is 51.2 Å². The largest absolute Gasteiger partial charge is 0.378 e. The normalized spacial score (nSPS) is 26.2. The van der Waals surface area contributed by atoms with Gasteiger partial charge in [-0.25, -0.2) is 0 Å². The molecule has 3 heterocycles. The van der Waals surface area contributed by atoms with Crippen LogP contribution in [0.4, 0.5) is 0 Å². The van der Waals surface area contributed by atoms with Crippen LogP contribution >= 0.6 is 0 Å². The molecule has 0 radical (unpaired) electrons. The Hall–Kier alpha value is -1.40. The summed E-state index contributed by atoms with van der Waals surface area (Å²) in [6, 6.07) is 2.43. The second-order valence-corrected chi connectivity index (χ2v) is 6.35. The van der Waals surface area contributed by atoms with Crippen molar-refractivity contribution in [3.05, 3.63) is 18.0 Å². The van der Waals surface area contributed by atoms with Gasteiger partial charge in [-0.3, -0.25) is 14.4 Å². The van der Waals surface area contributed by atoms with Gasteiger partial charge in [-0.05, 0) is 38.9 Å². The van der Waals surface area contributed by atoms with Gasteiger partial charge in [-0.2, -0.15) is 5.10 Å². The summed E-state index contributed by atoms with van der Waals surface area (Å²) in [5.74, 6) is 0.0886. The number of carbonyl (C=O) groups excluding carboxylic acids is 1. The number of likely N-dealkylation sites (tertiary alicyclic amines) is 1. The molecule has 1 N–H and O–H groups in total. The molecule has 2 aliphatic heterocycles. The first-order valence-electron chi connectivity index (χ1n) is 8.33. The summed E-state index contributed by atoms with van der Waals surface area (Å²) in [5, 5.41) is 7.46. The Morgan fingerprint density at radius 1 is 1.36 bits per heavy atom. The highest BCUT2D eigenvalue weighted by Crippen LogP contribution is 2.19. The van der Waals surface area contributed by atoms with Crippen LogP contribution in [0.15, 0.2) is 12.3 Å². The van der Waals surface area contributed by atoms with Crippen molar-refractivity contribution in [2.75, 3.05) is 26.3 Å². The van der Waals surface area contributed by atoms with E-state index in [1.807, 2.05) is 23.9 Å². The third kappa shape index (κ3) is 3.87. The molecule has 22 heavy (non-hydrogen) atoms. The third-order valence-electron chi connectivity index (χ3n) is 4.60. The number of ether oxygens (including phenoxy) is 1. The SMILES string of the molecule is Cc1ccn(CCC(=O)N[C@H]2COC[C@@H]2N2CCCCC2)n1. The average molecular weight is 306 g/mol. The first kappa shape index (κ1) is 15.5. The lowest BCUT2D eigenvalue weighted by Gasteiger charge is -2.34. The second kappa shape index (κ2) is 7.24. The fraction of sp³-hybridized carbons (Fsp3) is 0.750. The van der Waals surface area contributed by atoms with Crippen LogP contribution in [0.3, 0.4) is 0 Å². The standard InChI is InChI=1S/C16H26N4O2/c1-13-5-9-20(18-13)10-6-16(21)17-14-11-22-12-15(14)19-7-3-2-4-8-19/h5,9,14-15H,2-4,6-8,10-12H2,1H3,(H,17,21)/t14-,15-/m0/s1. The van der Waals surface area contributed by atoms with Gasteiger partial charge in [0, 0.05) is 19.2 Å². The lowest BCUT2D eigenvalue weighted by molar-refractivity contribution is -0.122. The fourth-order valence-corrected chi connectivity index (χ4v) is 3.37. The van der Waals surface area contributed by atoms with Crippen molar-refractivity contribution >= 4 is 5.91 Å². The van der Waals surface area contributed by atoms with Gasteiger partial charge in [0.15, 0.2) is 0 Å². The lowest BCUT2D eigenvalue weighted by atomic mass is 10.0. The highest BCUT2D eigenvalue weighted by molar-refractivity contribution is 5.76. The van der Waals surface area contributed by atoms with Crippen molar-refractivity contribution < 1.29 is 9.53 Å². The molecule has 2 atom stereocenters. The van der Waals surface area contributed by atoms with E-state index in [0.717, 1.165) is 25.4 Å². The molecule has 6 heteroatoms. The van der Waals surface area contributed by atoms with Crippen LogP contribution < -0.4 is 5.32 Å². The monoisotopic (exact) mass is 306 g/mol. The summed E-state index contributed by atoms with van der Waals surface area (Å²) in [6.07, 6.45) is 6.22. The Balaban J connectivity index is 1.47. The molecule has 0 saturated carbocycles. The smallest absolute Gasteiger partial charge is 0.222 e. The van der Waals surface area contributed by atoms with Crippen molar-refractivity contribution in [3.8, 4) is 0 Å². The van der Waals surface area contributed by atoms with Gasteiger partial charge in [-0.15, -0.1) is 0 Å². The molecule has 1 amide bonds. The van der Waals surface area contributed by atoms with E-state index < -0.39 is 0 Å². The summed E-state index contributed by atoms with van der Waals surface area (Å²) < 4.78 is 7.44. The van der Waals surface area contributed by atoms with Crippen LogP contribution in [0.2, 0.25) is 0 Å². The number of carbonyl (C=O) groups is 1. The summed E-state index contributed by atoms with van der Waals surface area (Å²) in [6.45, 7) is 6.22. The van der Waals surface area contributed by atoms with Gasteiger partial charge in [0.2, 0.25) is 5.91 Å². The number of amides is 1. The first-order chi connectivity index (χ1) is 10.7. The van der Waals surface area contributed by atoms with E-state index in [4.69, 9.17) is 4.74 Å². The summed E-state index contributed by atoms with van der Waals surface area (Å²) in [5.41, 5.74) is 0.981. The zero-order valence-corrected chi connectivity index (χ0v) is 13.3. The van der Waals surface area contributed by atoms with E-state index in [-0.39, 0.29) is 11.9 Å². The Morgan fingerprint density at radius 3 is 2.91 bits per heavy atom. The number of nitrogens with one attached hydrogen (secondary N) is 1. The predicted octanol–water partition coefficient (Wildman–Crippen LogP) is 0.951. The van der Waals surface area contributed by atoms with Gasteiger partial charge in [0.1, 0.15) is 0 Å². The van der Waals surface area contributed by atoms with Crippen LogP contribution in [0.1, 0.15) is 31.4 Å². The third-order valence-corrected chi connectivity index (χ3v) is 4.60. The van der Waals surface area contributed by atoms with Crippen LogP contribution in [-0.4, -0.2) is 59.0 Å². The summed E-state index contributed by atoms with van der Waals surface area (Å²) >= 11 is 0. The van der Waals surface area contributed by atoms with Gasteiger partial charge in [0.05, 0.1) is 31.0 Å². The average Bonchev–Trinajstić information content (AvgIpc) is 3.15. The van der Waals surface area contributed by atoms with E-state index in [1.165, 1.54) is 19.3 Å². The number of hydrogen-bond donors (Lipinski definition) is 1. The molecule has 1 aromatic heterocycles. The number of aromatic nitrogens is 2. The van der Waals surface area contributed by atoms with Crippen LogP contribution in [-0.2, 0) is 16.1 Å². The van der Waals surface area contributed by atoms with Gasteiger partial charge in [-0.1, -0.05) is 6.42 Å². The minimum Gasteiger partial charge on any atom is -0.378 e. The molecule has 2 fully saturated rings. The minimum atomic E-state index is 0.0886.